The summed E-state index contributed by atoms with van der Waals surface area (Å²) in [6.07, 6.45) is 1.82. The van der Waals surface area contributed by atoms with E-state index in [9.17, 15) is 0 Å². The molecular formula is C13H10ClN3. The first-order valence-corrected chi connectivity index (χ1v) is 5.61. The summed E-state index contributed by atoms with van der Waals surface area (Å²) < 4.78 is 1.85. The maximum Gasteiger partial charge on any atom is 0.0761 e. The van der Waals surface area contributed by atoms with Crippen molar-refractivity contribution < 1.29 is 0 Å². The van der Waals surface area contributed by atoms with Gasteiger partial charge in [0.1, 0.15) is 0 Å². The van der Waals surface area contributed by atoms with Crippen LogP contribution in [0.25, 0.3) is 16.6 Å². The Labute approximate surface area is 103 Å². The summed E-state index contributed by atoms with van der Waals surface area (Å²) in [5.74, 6) is 0. The molecule has 1 aromatic heterocycles. The van der Waals surface area contributed by atoms with Crippen molar-refractivity contribution >= 4 is 28.2 Å². The SMILES string of the molecule is Nc1ccc2cnn(-c3ccc(Cl)cc3)c2c1. The van der Waals surface area contributed by atoms with Crippen molar-refractivity contribution in [3.8, 4) is 5.69 Å². The molecule has 0 fully saturated rings. The number of nitrogens with zero attached hydrogens (tertiary/aromatic N) is 2. The Morgan fingerprint density at radius 3 is 2.59 bits per heavy atom. The third-order valence-electron chi connectivity index (χ3n) is 2.67. The number of nitrogens with two attached hydrogens (primary N) is 1. The van der Waals surface area contributed by atoms with E-state index in [4.69, 9.17) is 17.3 Å². The Balaban J connectivity index is 2.23. The van der Waals surface area contributed by atoms with Gasteiger partial charge in [-0.2, -0.15) is 5.10 Å². The van der Waals surface area contributed by atoms with Gasteiger partial charge in [0.15, 0.2) is 0 Å². The average Bonchev–Trinajstić information content (AvgIpc) is 2.73. The summed E-state index contributed by atoms with van der Waals surface area (Å²) in [4.78, 5) is 0. The van der Waals surface area contributed by atoms with E-state index >= 15 is 0 Å². The van der Waals surface area contributed by atoms with Gasteiger partial charge in [0.25, 0.3) is 0 Å². The van der Waals surface area contributed by atoms with Gasteiger partial charge in [0.2, 0.25) is 0 Å². The highest BCUT2D eigenvalue weighted by molar-refractivity contribution is 6.30. The fraction of sp³-hybridized carbons (Fsp3) is 0. The Kier molecular flexibility index (Phi) is 2.27. The maximum atomic E-state index is 5.87. The molecule has 84 valence electrons. The van der Waals surface area contributed by atoms with Crippen LogP contribution in [-0.2, 0) is 0 Å². The number of fused-ring (bicyclic) bond motifs is 1. The van der Waals surface area contributed by atoms with Gasteiger partial charge < -0.3 is 5.73 Å². The molecule has 2 aromatic carbocycles. The quantitative estimate of drug-likeness (QED) is 0.667. The lowest BCUT2D eigenvalue weighted by molar-refractivity contribution is 0.911. The first kappa shape index (κ1) is 10.2. The van der Waals surface area contributed by atoms with Crippen molar-refractivity contribution in [1.29, 1.82) is 0 Å². The molecule has 0 aliphatic carbocycles. The summed E-state index contributed by atoms with van der Waals surface area (Å²) in [5.41, 5.74) is 8.48. The predicted molar refractivity (Wildman–Crippen MR) is 70.5 cm³/mol. The molecule has 0 bridgehead atoms. The fourth-order valence-corrected chi connectivity index (χ4v) is 1.95. The van der Waals surface area contributed by atoms with Crippen LogP contribution in [0.4, 0.5) is 5.69 Å². The van der Waals surface area contributed by atoms with Crippen LogP contribution in [0, 0.1) is 0 Å². The fourth-order valence-electron chi connectivity index (χ4n) is 1.82. The van der Waals surface area contributed by atoms with Crippen LogP contribution in [0.3, 0.4) is 0 Å². The van der Waals surface area contributed by atoms with E-state index in [0.29, 0.717) is 5.02 Å². The number of aromatic nitrogens is 2. The molecule has 3 aromatic rings. The zero-order valence-corrected chi connectivity index (χ0v) is 9.72. The number of halogens is 1. The number of hydrogen-bond donors (Lipinski definition) is 1. The number of hydrogen-bond acceptors (Lipinski definition) is 2. The monoisotopic (exact) mass is 243 g/mol. The zero-order valence-electron chi connectivity index (χ0n) is 8.97. The molecule has 4 heteroatoms. The molecule has 0 unspecified atom stereocenters. The van der Waals surface area contributed by atoms with Gasteiger partial charge in [-0.3, -0.25) is 0 Å². The number of anilines is 1. The van der Waals surface area contributed by atoms with E-state index in [0.717, 1.165) is 22.3 Å². The minimum absolute atomic E-state index is 0.713. The van der Waals surface area contributed by atoms with E-state index in [1.165, 1.54) is 0 Å². The Bertz CT molecular complexity index is 671. The molecule has 0 aliphatic heterocycles. The lowest BCUT2D eigenvalue weighted by atomic mass is 10.2. The van der Waals surface area contributed by atoms with Gasteiger partial charge in [-0.25, -0.2) is 4.68 Å². The molecule has 2 N–H and O–H groups in total. The molecule has 3 nitrogen and oxygen atoms in total. The third kappa shape index (κ3) is 1.74. The normalized spacial score (nSPS) is 10.9. The van der Waals surface area contributed by atoms with Crippen molar-refractivity contribution in [3.05, 3.63) is 53.7 Å². The molecular weight excluding hydrogens is 234 g/mol. The Morgan fingerprint density at radius 2 is 1.82 bits per heavy atom. The highest BCUT2D eigenvalue weighted by Gasteiger charge is 2.04. The lowest BCUT2D eigenvalue weighted by Crippen LogP contribution is -1.95. The van der Waals surface area contributed by atoms with E-state index in [1.807, 2.05) is 53.3 Å². The van der Waals surface area contributed by atoms with Crippen LogP contribution in [0.15, 0.2) is 48.7 Å². The van der Waals surface area contributed by atoms with Crippen LogP contribution in [-0.4, -0.2) is 9.78 Å². The van der Waals surface area contributed by atoms with Gasteiger partial charge in [-0.1, -0.05) is 11.6 Å². The van der Waals surface area contributed by atoms with Gasteiger partial charge in [0, 0.05) is 16.1 Å². The highest BCUT2D eigenvalue weighted by Crippen LogP contribution is 2.21. The lowest BCUT2D eigenvalue weighted by Gasteiger charge is -2.04. The van der Waals surface area contributed by atoms with Crippen molar-refractivity contribution in [2.75, 3.05) is 5.73 Å². The minimum atomic E-state index is 0.713. The van der Waals surface area contributed by atoms with Crippen molar-refractivity contribution in [3.63, 3.8) is 0 Å². The smallest absolute Gasteiger partial charge is 0.0761 e. The Morgan fingerprint density at radius 1 is 1.06 bits per heavy atom. The summed E-state index contributed by atoms with van der Waals surface area (Å²) >= 11 is 5.87. The highest BCUT2D eigenvalue weighted by atomic mass is 35.5. The second kappa shape index (κ2) is 3.79. The minimum Gasteiger partial charge on any atom is -0.399 e. The van der Waals surface area contributed by atoms with Crippen LogP contribution >= 0.6 is 11.6 Å². The standard InChI is InChI=1S/C13H10ClN3/c14-10-2-5-12(6-3-10)17-13-7-11(15)4-1-9(13)8-16-17/h1-8H,15H2. The molecule has 3 rings (SSSR count). The summed E-state index contributed by atoms with van der Waals surface area (Å²) in [6.45, 7) is 0. The predicted octanol–water partition coefficient (Wildman–Crippen LogP) is 3.26. The van der Waals surface area contributed by atoms with Crippen LogP contribution < -0.4 is 5.73 Å². The summed E-state index contributed by atoms with van der Waals surface area (Å²) in [5, 5.41) is 6.13. The Hall–Kier alpha value is -2.00. The zero-order chi connectivity index (χ0) is 11.8. The molecule has 0 atom stereocenters. The number of rotatable bonds is 1. The first-order chi connectivity index (χ1) is 8.24. The van der Waals surface area contributed by atoms with Crippen molar-refractivity contribution in [1.82, 2.24) is 9.78 Å². The molecule has 0 saturated heterocycles. The maximum absolute atomic E-state index is 5.87. The largest absolute Gasteiger partial charge is 0.399 e. The van der Waals surface area contributed by atoms with E-state index in [2.05, 4.69) is 5.10 Å². The topological polar surface area (TPSA) is 43.8 Å². The van der Waals surface area contributed by atoms with E-state index < -0.39 is 0 Å². The van der Waals surface area contributed by atoms with Gasteiger partial charge >= 0.3 is 0 Å². The number of nitrogen functional groups attached to an aromatic ring is 1. The molecule has 0 aliphatic rings. The second-order valence-corrected chi connectivity index (χ2v) is 4.29. The second-order valence-electron chi connectivity index (χ2n) is 3.85. The van der Waals surface area contributed by atoms with Gasteiger partial charge in [0.05, 0.1) is 17.4 Å². The average molecular weight is 244 g/mol. The molecule has 0 saturated carbocycles. The van der Waals surface area contributed by atoms with E-state index in [-0.39, 0.29) is 0 Å². The molecule has 0 amide bonds. The summed E-state index contributed by atoms with van der Waals surface area (Å²) in [6, 6.07) is 13.3. The van der Waals surface area contributed by atoms with Crippen LogP contribution in [0.1, 0.15) is 0 Å². The van der Waals surface area contributed by atoms with Gasteiger partial charge in [-0.05, 0) is 42.5 Å². The van der Waals surface area contributed by atoms with Gasteiger partial charge in [-0.15, -0.1) is 0 Å². The van der Waals surface area contributed by atoms with Crippen LogP contribution in [0.5, 0.6) is 0 Å². The van der Waals surface area contributed by atoms with Crippen molar-refractivity contribution in [2.24, 2.45) is 0 Å². The first-order valence-electron chi connectivity index (χ1n) is 5.23. The van der Waals surface area contributed by atoms with Crippen LogP contribution in [0.2, 0.25) is 5.02 Å². The summed E-state index contributed by atoms with van der Waals surface area (Å²) in [7, 11) is 0. The van der Waals surface area contributed by atoms with Crippen molar-refractivity contribution in [2.45, 2.75) is 0 Å². The molecule has 0 spiro atoms. The molecule has 0 radical (unpaired) electrons. The number of benzene rings is 2. The molecule has 17 heavy (non-hydrogen) atoms. The molecule has 1 heterocycles. The van der Waals surface area contributed by atoms with E-state index in [1.54, 1.807) is 0 Å². The third-order valence-corrected chi connectivity index (χ3v) is 2.92.